The van der Waals surface area contributed by atoms with Crippen molar-refractivity contribution in [3.63, 3.8) is 0 Å². The van der Waals surface area contributed by atoms with Crippen molar-refractivity contribution in [3.05, 3.63) is 22.4 Å². The summed E-state index contributed by atoms with van der Waals surface area (Å²) in [4.78, 5) is 11.7. The van der Waals surface area contributed by atoms with Gasteiger partial charge < -0.3 is 4.74 Å². The summed E-state index contributed by atoms with van der Waals surface area (Å²) >= 11 is 1.42. The number of nitrogens with zero attached hydrogens (tertiary/aromatic N) is 1. The second-order valence-electron chi connectivity index (χ2n) is 2.86. The molecule has 0 bridgehead atoms. The second kappa shape index (κ2) is 4.25. The molecule has 14 heavy (non-hydrogen) atoms. The fourth-order valence-corrected chi connectivity index (χ4v) is 2.09. The van der Waals surface area contributed by atoms with Crippen molar-refractivity contribution in [2.24, 2.45) is 0 Å². The standard InChI is InChI=1S/C10H11NO2S/c1-3-10(7-11,13-8(2)12)9-5-4-6-14-9/h4-6H,3H2,1-2H3/t10-/m1/s1. The van der Waals surface area contributed by atoms with Gasteiger partial charge >= 0.3 is 5.97 Å². The third kappa shape index (κ3) is 1.94. The number of ether oxygens (including phenoxy) is 1. The molecule has 0 unspecified atom stereocenters. The van der Waals surface area contributed by atoms with Gasteiger partial charge in [0.1, 0.15) is 6.07 Å². The molecule has 1 aromatic heterocycles. The Kier molecular flexibility index (Phi) is 3.26. The van der Waals surface area contributed by atoms with Crippen LogP contribution in [0.1, 0.15) is 25.1 Å². The zero-order chi connectivity index (χ0) is 10.6. The van der Waals surface area contributed by atoms with Gasteiger partial charge in [-0.25, -0.2) is 0 Å². The minimum atomic E-state index is -1.10. The van der Waals surface area contributed by atoms with E-state index in [1.807, 2.05) is 18.4 Å². The van der Waals surface area contributed by atoms with E-state index >= 15 is 0 Å². The minimum Gasteiger partial charge on any atom is -0.439 e. The molecule has 0 radical (unpaired) electrons. The lowest BCUT2D eigenvalue weighted by atomic mass is 10.0. The van der Waals surface area contributed by atoms with Gasteiger partial charge in [-0.05, 0) is 11.4 Å². The van der Waals surface area contributed by atoms with Crippen LogP contribution in [0.5, 0.6) is 0 Å². The highest BCUT2D eigenvalue weighted by molar-refractivity contribution is 7.10. The van der Waals surface area contributed by atoms with E-state index < -0.39 is 11.6 Å². The molecule has 3 nitrogen and oxygen atoms in total. The van der Waals surface area contributed by atoms with Gasteiger partial charge in [-0.1, -0.05) is 13.0 Å². The zero-order valence-corrected chi connectivity index (χ0v) is 8.93. The number of esters is 1. The van der Waals surface area contributed by atoms with Crippen LogP contribution in [-0.4, -0.2) is 5.97 Å². The number of carbonyl (C=O) groups is 1. The number of rotatable bonds is 3. The molecule has 0 amide bonds. The maximum atomic E-state index is 10.9. The predicted molar refractivity (Wildman–Crippen MR) is 53.7 cm³/mol. The van der Waals surface area contributed by atoms with Crippen LogP contribution in [0.15, 0.2) is 17.5 Å². The van der Waals surface area contributed by atoms with Gasteiger partial charge in [0.05, 0.1) is 4.88 Å². The van der Waals surface area contributed by atoms with Crippen LogP contribution in [0.2, 0.25) is 0 Å². The highest BCUT2D eigenvalue weighted by Gasteiger charge is 2.34. The Bertz CT molecular complexity index is 353. The summed E-state index contributed by atoms with van der Waals surface area (Å²) in [6.07, 6.45) is 0.462. The first kappa shape index (κ1) is 10.7. The van der Waals surface area contributed by atoms with Crippen LogP contribution in [-0.2, 0) is 15.1 Å². The van der Waals surface area contributed by atoms with Gasteiger partial charge in [-0.2, -0.15) is 5.26 Å². The van der Waals surface area contributed by atoms with E-state index in [9.17, 15) is 4.79 Å². The van der Waals surface area contributed by atoms with E-state index in [-0.39, 0.29) is 0 Å². The van der Waals surface area contributed by atoms with Gasteiger partial charge in [0.2, 0.25) is 5.60 Å². The van der Waals surface area contributed by atoms with E-state index in [1.54, 1.807) is 6.07 Å². The Balaban J connectivity index is 3.05. The van der Waals surface area contributed by atoms with E-state index in [0.717, 1.165) is 4.88 Å². The van der Waals surface area contributed by atoms with Crippen LogP contribution in [0.3, 0.4) is 0 Å². The van der Waals surface area contributed by atoms with Crippen LogP contribution >= 0.6 is 11.3 Å². The Morgan fingerprint density at radius 1 is 1.79 bits per heavy atom. The summed E-state index contributed by atoms with van der Waals surface area (Å²) in [6.45, 7) is 3.14. The van der Waals surface area contributed by atoms with Gasteiger partial charge in [0.15, 0.2) is 0 Å². The van der Waals surface area contributed by atoms with Crippen molar-refractivity contribution < 1.29 is 9.53 Å². The Morgan fingerprint density at radius 3 is 2.86 bits per heavy atom. The fraction of sp³-hybridized carbons (Fsp3) is 0.400. The molecule has 0 aliphatic rings. The molecule has 1 aromatic rings. The largest absolute Gasteiger partial charge is 0.439 e. The molecule has 74 valence electrons. The van der Waals surface area contributed by atoms with Gasteiger partial charge in [0, 0.05) is 13.3 Å². The predicted octanol–water partition coefficient (Wildman–Crippen LogP) is 2.44. The molecule has 0 N–H and O–H groups in total. The summed E-state index contributed by atoms with van der Waals surface area (Å²) in [5.74, 6) is -0.429. The minimum absolute atomic E-state index is 0.429. The third-order valence-corrected chi connectivity index (χ3v) is 2.93. The molecule has 0 saturated carbocycles. The zero-order valence-electron chi connectivity index (χ0n) is 8.11. The second-order valence-corrected chi connectivity index (χ2v) is 3.81. The van der Waals surface area contributed by atoms with Crippen molar-refractivity contribution in [1.82, 2.24) is 0 Å². The van der Waals surface area contributed by atoms with Crippen LogP contribution in [0.4, 0.5) is 0 Å². The summed E-state index contributed by atoms with van der Waals surface area (Å²) < 4.78 is 5.09. The lowest BCUT2D eigenvalue weighted by Crippen LogP contribution is -2.28. The maximum absolute atomic E-state index is 10.9. The number of hydrogen-bond acceptors (Lipinski definition) is 4. The number of nitriles is 1. The topological polar surface area (TPSA) is 50.1 Å². The molecule has 1 rings (SSSR count). The highest BCUT2D eigenvalue weighted by Crippen LogP contribution is 2.32. The third-order valence-electron chi connectivity index (χ3n) is 1.92. The molecule has 4 heteroatoms. The van der Waals surface area contributed by atoms with Crippen LogP contribution in [0, 0.1) is 11.3 Å². The SMILES string of the molecule is CC[C@](C#N)(OC(C)=O)c1cccs1. The molecule has 0 fully saturated rings. The summed E-state index contributed by atoms with van der Waals surface area (Å²) in [7, 11) is 0. The van der Waals surface area contributed by atoms with Crippen molar-refractivity contribution in [2.45, 2.75) is 25.9 Å². The average Bonchev–Trinajstić information content (AvgIpc) is 2.67. The molecule has 0 aliphatic carbocycles. The summed E-state index contributed by atoms with van der Waals surface area (Å²) in [6, 6.07) is 5.71. The van der Waals surface area contributed by atoms with Gasteiger partial charge in [-0.15, -0.1) is 11.3 Å². The quantitative estimate of drug-likeness (QED) is 0.718. The normalized spacial score (nSPS) is 14.1. The van der Waals surface area contributed by atoms with Crippen molar-refractivity contribution in [1.29, 1.82) is 5.26 Å². The first-order valence-electron chi connectivity index (χ1n) is 4.29. The Labute approximate surface area is 86.9 Å². The van der Waals surface area contributed by atoms with E-state index in [4.69, 9.17) is 10.00 Å². The van der Waals surface area contributed by atoms with E-state index in [1.165, 1.54) is 18.3 Å². The molecular formula is C10H11NO2S. The molecule has 0 spiro atoms. The van der Waals surface area contributed by atoms with Crippen molar-refractivity contribution in [3.8, 4) is 6.07 Å². The fourth-order valence-electron chi connectivity index (χ4n) is 1.21. The van der Waals surface area contributed by atoms with Crippen molar-refractivity contribution >= 4 is 17.3 Å². The Morgan fingerprint density at radius 2 is 2.50 bits per heavy atom. The monoisotopic (exact) mass is 209 g/mol. The lowest BCUT2D eigenvalue weighted by Gasteiger charge is -2.23. The summed E-state index contributed by atoms with van der Waals surface area (Å²) in [5.41, 5.74) is -1.10. The molecular weight excluding hydrogens is 198 g/mol. The number of thiophene rings is 1. The molecule has 1 heterocycles. The lowest BCUT2D eigenvalue weighted by molar-refractivity contribution is -0.152. The van der Waals surface area contributed by atoms with Crippen molar-refractivity contribution in [2.75, 3.05) is 0 Å². The molecule has 0 aromatic carbocycles. The molecule has 1 atom stereocenters. The average molecular weight is 209 g/mol. The first-order chi connectivity index (χ1) is 6.64. The highest BCUT2D eigenvalue weighted by atomic mass is 32.1. The number of carbonyl (C=O) groups excluding carboxylic acids is 1. The van der Waals surface area contributed by atoms with E-state index in [0.29, 0.717) is 6.42 Å². The Hall–Kier alpha value is -1.34. The first-order valence-corrected chi connectivity index (χ1v) is 5.17. The maximum Gasteiger partial charge on any atom is 0.304 e. The summed E-state index contributed by atoms with van der Waals surface area (Å²) in [5, 5.41) is 10.9. The van der Waals surface area contributed by atoms with Gasteiger partial charge in [0.25, 0.3) is 0 Å². The number of hydrogen-bond donors (Lipinski definition) is 0. The molecule has 0 aliphatic heterocycles. The molecule has 0 saturated heterocycles. The van der Waals surface area contributed by atoms with E-state index in [2.05, 4.69) is 6.07 Å². The van der Waals surface area contributed by atoms with Gasteiger partial charge in [-0.3, -0.25) is 4.79 Å². The smallest absolute Gasteiger partial charge is 0.304 e. The van der Waals surface area contributed by atoms with Crippen LogP contribution in [0.25, 0.3) is 0 Å². The van der Waals surface area contributed by atoms with Crippen LogP contribution < -0.4 is 0 Å².